The van der Waals surface area contributed by atoms with Gasteiger partial charge < -0.3 is 10.1 Å². The van der Waals surface area contributed by atoms with E-state index in [-0.39, 0.29) is 5.91 Å². The molecule has 1 saturated heterocycles. The van der Waals surface area contributed by atoms with Crippen LogP contribution in [0.4, 0.5) is 5.69 Å². The molecule has 1 aliphatic heterocycles. The molecule has 0 atom stereocenters. The highest BCUT2D eigenvalue weighted by atomic mass is 16.5. The van der Waals surface area contributed by atoms with Crippen molar-refractivity contribution >= 4 is 11.6 Å². The second-order valence-electron chi connectivity index (χ2n) is 8.34. The highest BCUT2D eigenvalue weighted by Crippen LogP contribution is 2.26. The van der Waals surface area contributed by atoms with Crippen LogP contribution >= 0.6 is 0 Å². The number of nitrogens with zero attached hydrogens (tertiary/aromatic N) is 2. The van der Waals surface area contributed by atoms with Crippen LogP contribution in [0.2, 0.25) is 0 Å². The summed E-state index contributed by atoms with van der Waals surface area (Å²) >= 11 is 0. The Hall–Kier alpha value is -2.40. The van der Waals surface area contributed by atoms with Gasteiger partial charge in [0.2, 0.25) is 5.91 Å². The van der Waals surface area contributed by atoms with E-state index in [1.807, 2.05) is 42.6 Å². The van der Waals surface area contributed by atoms with Gasteiger partial charge in [-0.05, 0) is 93.9 Å². The molecule has 2 aliphatic rings. The van der Waals surface area contributed by atoms with Crippen LogP contribution in [0, 0.1) is 5.92 Å². The lowest BCUT2D eigenvalue weighted by Gasteiger charge is -2.31. The number of carbonyl (C=O) groups excluding carboxylic acids is 1. The van der Waals surface area contributed by atoms with E-state index in [1.54, 1.807) is 0 Å². The number of ether oxygens (including phenoxy) is 1. The quantitative estimate of drug-likeness (QED) is 0.744. The average molecular weight is 394 g/mol. The molecule has 1 amide bonds. The Morgan fingerprint density at radius 2 is 1.79 bits per heavy atom. The first-order valence-corrected chi connectivity index (χ1v) is 10.9. The summed E-state index contributed by atoms with van der Waals surface area (Å²) in [5, 5.41) is 3.04. The molecule has 1 aliphatic carbocycles. The molecule has 2 heterocycles. The van der Waals surface area contributed by atoms with Crippen molar-refractivity contribution in [3.05, 3.63) is 54.4 Å². The van der Waals surface area contributed by atoms with E-state index in [0.29, 0.717) is 18.4 Å². The Balaban J connectivity index is 1.18. The number of piperidine rings is 1. The number of pyridine rings is 1. The Kier molecular flexibility index (Phi) is 6.78. The van der Waals surface area contributed by atoms with Crippen LogP contribution in [0.1, 0.15) is 50.6 Å². The Morgan fingerprint density at radius 3 is 2.48 bits per heavy atom. The molecule has 0 radical (unpaired) electrons. The van der Waals surface area contributed by atoms with Crippen molar-refractivity contribution < 1.29 is 9.53 Å². The molecule has 1 N–H and O–H groups in total. The smallest absolute Gasteiger partial charge is 0.224 e. The lowest BCUT2D eigenvalue weighted by molar-refractivity contribution is -0.117. The van der Waals surface area contributed by atoms with Gasteiger partial charge in [-0.15, -0.1) is 0 Å². The summed E-state index contributed by atoms with van der Waals surface area (Å²) in [6, 6.07) is 13.9. The summed E-state index contributed by atoms with van der Waals surface area (Å²) in [5.74, 6) is 1.47. The maximum absolute atomic E-state index is 12.5. The van der Waals surface area contributed by atoms with Crippen molar-refractivity contribution in [1.29, 1.82) is 0 Å². The highest BCUT2D eigenvalue weighted by molar-refractivity contribution is 5.90. The molecule has 1 aromatic carbocycles. The van der Waals surface area contributed by atoms with Crippen LogP contribution in [0.3, 0.4) is 0 Å². The van der Waals surface area contributed by atoms with Gasteiger partial charge in [-0.2, -0.15) is 0 Å². The number of carbonyl (C=O) groups is 1. The standard InChI is InChI=1S/C24H31N3O2/c28-24(26-20-8-10-23(11-9-20)29-22-6-1-2-7-22)17-19-12-15-27(16-13-19)18-21-5-3-4-14-25-21/h3-5,8-11,14,19,22H,1-2,6-7,12-13,15-18H2,(H,26,28). The molecule has 2 aromatic rings. The molecule has 2 fully saturated rings. The second kappa shape index (κ2) is 9.88. The number of hydrogen-bond donors (Lipinski definition) is 1. The van der Waals surface area contributed by atoms with Gasteiger partial charge >= 0.3 is 0 Å². The lowest BCUT2D eigenvalue weighted by Crippen LogP contribution is -2.34. The van der Waals surface area contributed by atoms with Crippen LogP contribution in [0.15, 0.2) is 48.7 Å². The van der Waals surface area contributed by atoms with Crippen LogP contribution < -0.4 is 10.1 Å². The van der Waals surface area contributed by atoms with Crippen LogP contribution in [-0.4, -0.2) is 35.0 Å². The first-order chi connectivity index (χ1) is 14.2. The maximum Gasteiger partial charge on any atom is 0.224 e. The average Bonchev–Trinajstić information content (AvgIpc) is 3.25. The number of amides is 1. The zero-order valence-corrected chi connectivity index (χ0v) is 17.1. The minimum absolute atomic E-state index is 0.109. The van der Waals surface area contributed by atoms with Crippen molar-refractivity contribution in [2.45, 2.75) is 57.6 Å². The fraction of sp³-hybridized carbons (Fsp3) is 0.500. The predicted molar refractivity (Wildman–Crippen MR) is 115 cm³/mol. The van der Waals surface area contributed by atoms with Gasteiger partial charge in [-0.25, -0.2) is 0 Å². The normalized spacial score (nSPS) is 18.6. The molecule has 1 saturated carbocycles. The topological polar surface area (TPSA) is 54.5 Å². The third-order valence-electron chi connectivity index (χ3n) is 6.04. The number of nitrogens with one attached hydrogen (secondary N) is 1. The number of rotatable bonds is 7. The van der Waals surface area contributed by atoms with E-state index in [0.717, 1.165) is 62.4 Å². The minimum Gasteiger partial charge on any atom is -0.490 e. The summed E-state index contributed by atoms with van der Waals surface area (Å²) in [7, 11) is 0. The fourth-order valence-electron chi connectivity index (χ4n) is 4.36. The number of anilines is 1. The molecule has 1 aromatic heterocycles. The van der Waals surface area contributed by atoms with Gasteiger partial charge in [-0.3, -0.25) is 14.7 Å². The van der Waals surface area contributed by atoms with Crippen molar-refractivity contribution in [3.63, 3.8) is 0 Å². The number of likely N-dealkylation sites (tertiary alicyclic amines) is 1. The SMILES string of the molecule is O=C(CC1CCN(Cc2ccccn2)CC1)Nc1ccc(OC2CCCC2)cc1. The molecule has 29 heavy (non-hydrogen) atoms. The van der Waals surface area contributed by atoms with Gasteiger partial charge in [0.15, 0.2) is 0 Å². The summed E-state index contributed by atoms with van der Waals surface area (Å²) in [5.41, 5.74) is 1.96. The third-order valence-corrected chi connectivity index (χ3v) is 6.04. The molecule has 0 unspecified atom stereocenters. The maximum atomic E-state index is 12.5. The molecule has 5 heteroatoms. The highest BCUT2D eigenvalue weighted by Gasteiger charge is 2.22. The van der Waals surface area contributed by atoms with E-state index in [4.69, 9.17) is 4.74 Å². The van der Waals surface area contributed by atoms with Crippen LogP contribution in [-0.2, 0) is 11.3 Å². The zero-order chi connectivity index (χ0) is 19.9. The van der Waals surface area contributed by atoms with Gasteiger partial charge in [0.1, 0.15) is 5.75 Å². The van der Waals surface area contributed by atoms with Gasteiger partial charge in [0.05, 0.1) is 11.8 Å². The Bertz CT molecular complexity index is 764. The van der Waals surface area contributed by atoms with Gasteiger partial charge in [-0.1, -0.05) is 6.07 Å². The third kappa shape index (κ3) is 6.04. The molecule has 0 spiro atoms. The summed E-state index contributed by atoms with van der Waals surface area (Å²) in [6.07, 6.45) is 9.76. The monoisotopic (exact) mass is 393 g/mol. The van der Waals surface area contributed by atoms with Crippen molar-refractivity contribution in [2.24, 2.45) is 5.92 Å². The van der Waals surface area contributed by atoms with E-state index in [9.17, 15) is 4.79 Å². The minimum atomic E-state index is 0.109. The molecule has 154 valence electrons. The van der Waals surface area contributed by atoms with Crippen LogP contribution in [0.5, 0.6) is 5.75 Å². The van der Waals surface area contributed by atoms with E-state index in [1.165, 1.54) is 12.8 Å². The van der Waals surface area contributed by atoms with E-state index < -0.39 is 0 Å². The largest absolute Gasteiger partial charge is 0.490 e. The van der Waals surface area contributed by atoms with Gasteiger partial charge in [0, 0.05) is 24.8 Å². The Labute approximate surface area is 173 Å². The van der Waals surface area contributed by atoms with Crippen molar-refractivity contribution in [3.8, 4) is 5.75 Å². The Morgan fingerprint density at radius 1 is 1.03 bits per heavy atom. The second-order valence-corrected chi connectivity index (χ2v) is 8.34. The summed E-state index contributed by atoms with van der Waals surface area (Å²) in [4.78, 5) is 19.3. The molecule has 4 rings (SSSR count). The number of hydrogen-bond acceptors (Lipinski definition) is 4. The fourth-order valence-corrected chi connectivity index (χ4v) is 4.36. The summed E-state index contributed by atoms with van der Waals surface area (Å²) in [6.45, 7) is 2.96. The first-order valence-electron chi connectivity index (χ1n) is 10.9. The van der Waals surface area contributed by atoms with E-state index in [2.05, 4.69) is 21.3 Å². The predicted octanol–water partition coefficient (Wildman–Crippen LogP) is 4.64. The van der Waals surface area contributed by atoms with Crippen molar-refractivity contribution in [2.75, 3.05) is 18.4 Å². The van der Waals surface area contributed by atoms with Gasteiger partial charge in [0.25, 0.3) is 0 Å². The molecule has 0 bridgehead atoms. The number of aromatic nitrogens is 1. The van der Waals surface area contributed by atoms with Crippen molar-refractivity contribution in [1.82, 2.24) is 9.88 Å². The summed E-state index contributed by atoms with van der Waals surface area (Å²) < 4.78 is 5.99. The lowest BCUT2D eigenvalue weighted by atomic mass is 9.93. The number of benzene rings is 1. The van der Waals surface area contributed by atoms with E-state index >= 15 is 0 Å². The molecule has 5 nitrogen and oxygen atoms in total. The molecular weight excluding hydrogens is 362 g/mol. The molecular formula is C24H31N3O2. The van der Waals surface area contributed by atoms with Crippen LogP contribution in [0.25, 0.3) is 0 Å². The first kappa shape index (κ1) is 19.9. The zero-order valence-electron chi connectivity index (χ0n) is 17.1.